The zero-order chi connectivity index (χ0) is 10.8. The predicted octanol–water partition coefficient (Wildman–Crippen LogP) is 2.43. The van der Waals surface area contributed by atoms with Crippen LogP contribution in [0.4, 0.5) is 0 Å². The zero-order valence-electron chi connectivity index (χ0n) is 9.44. The summed E-state index contributed by atoms with van der Waals surface area (Å²) in [6.45, 7) is 2.27. The van der Waals surface area contributed by atoms with E-state index in [9.17, 15) is 4.79 Å². The lowest BCUT2D eigenvalue weighted by Crippen LogP contribution is -2.20. The number of carbonyl (C=O) groups excluding carboxylic acids is 1. The van der Waals surface area contributed by atoms with E-state index in [2.05, 4.69) is 12.0 Å². The minimum absolute atomic E-state index is 0.241. The van der Waals surface area contributed by atoms with Crippen molar-refractivity contribution in [1.82, 2.24) is 9.78 Å². The highest BCUT2D eigenvalue weighted by Crippen LogP contribution is 2.30. The first kappa shape index (κ1) is 10.4. The first-order valence-electron chi connectivity index (χ1n) is 5.69. The minimum Gasteiger partial charge on any atom is -0.294 e. The van der Waals surface area contributed by atoms with Crippen LogP contribution in [0, 0.1) is 11.8 Å². The minimum atomic E-state index is 0.241. The summed E-state index contributed by atoms with van der Waals surface area (Å²) in [7, 11) is 1.85. The molecule has 0 aromatic carbocycles. The van der Waals surface area contributed by atoms with Crippen molar-refractivity contribution in [3.8, 4) is 0 Å². The van der Waals surface area contributed by atoms with Gasteiger partial charge in [-0.3, -0.25) is 9.48 Å². The third-order valence-corrected chi connectivity index (χ3v) is 3.38. The normalized spacial score (nSPS) is 26.5. The van der Waals surface area contributed by atoms with Gasteiger partial charge in [0.25, 0.3) is 0 Å². The van der Waals surface area contributed by atoms with Crippen LogP contribution in [0.1, 0.15) is 43.0 Å². The predicted molar refractivity (Wildman–Crippen MR) is 58.7 cm³/mol. The van der Waals surface area contributed by atoms with Crippen molar-refractivity contribution in [2.45, 2.75) is 32.6 Å². The smallest absolute Gasteiger partial charge is 0.169 e. The molecule has 0 bridgehead atoms. The van der Waals surface area contributed by atoms with E-state index in [1.807, 2.05) is 13.2 Å². The maximum atomic E-state index is 12.1. The Morgan fingerprint density at radius 2 is 2.07 bits per heavy atom. The fourth-order valence-corrected chi connectivity index (χ4v) is 2.31. The lowest BCUT2D eigenvalue weighted by Gasteiger charge is -2.24. The van der Waals surface area contributed by atoms with Crippen molar-refractivity contribution in [3.05, 3.63) is 18.0 Å². The summed E-state index contributed by atoms with van der Waals surface area (Å²) in [4.78, 5) is 12.1. The van der Waals surface area contributed by atoms with Crippen molar-refractivity contribution in [3.63, 3.8) is 0 Å². The highest BCUT2D eigenvalue weighted by atomic mass is 16.1. The molecule has 0 radical (unpaired) electrons. The zero-order valence-corrected chi connectivity index (χ0v) is 9.44. The van der Waals surface area contributed by atoms with Crippen molar-refractivity contribution in [1.29, 1.82) is 0 Å². The quantitative estimate of drug-likeness (QED) is 0.696. The van der Waals surface area contributed by atoms with Crippen LogP contribution in [0.2, 0.25) is 0 Å². The van der Waals surface area contributed by atoms with E-state index in [0.29, 0.717) is 0 Å². The van der Waals surface area contributed by atoms with Gasteiger partial charge in [0.1, 0.15) is 0 Å². The fourth-order valence-electron chi connectivity index (χ4n) is 2.31. The van der Waals surface area contributed by atoms with E-state index < -0.39 is 0 Å². The number of aryl methyl sites for hydroxylation is 1. The Hall–Kier alpha value is -1.12. The molecule has 0 atom stereocenters. The highest BCUT2D eigenvalue weighted by molar-refractivity contribution is 5.97. The third kappa shape index (κ3) is 2.28. The van der Waals surface area contributed by atoms with Crippen molar-refractivity contribution < 1.29 is 4.79 Å². The number of hydrogen-bond donors (Lipinski definition) is 0. The van der Waals surface area contributed by atoms with E-state index in [1.54, 1.807) is 10.9 Å². The monoisotopic (exact) mass is 206 g/mol. The largest absolute Gasteiger partial charge is 0.294 e. The second-order valence-corrected chi connectivity index (χ2v) is 4.72. The molecule has 1 heterocycles. The molecule has 1 aromatic rings. The molecule has 2 rings (SSSR count). The van der Waals surface area contributed by atoms with E-state index in [1.165, 1.54) is 12.8 Å². The molecule has 15 heavy (non-hydrogen) atoms. The van der Waals surface area contributed by atoms with Crippen LogP contribution in [0.5, 0.6) is 0 Å². The van der Waals surface area contributed by atoms with Crippen molar-refractivity contribution >= 4 is 5.78 Å². The van der Waals surface area contributed by atoms with Gasteiger partial charge in [0.05, 0.1) is 11.8 Å². The van der Waals surface area contributed by atoms with E-state index in [-0.39, 0.29) is 11.7 Å². The molecule has 0 saturated heterocycles. The standard InChI is InChI=1S/C12H18N2O/c1-9-3-5-10(6-4-9)12(15)11-7-13-14(2)8-11/h7-10H,3-6H2,1-2H3. The highest BCUT2D eigenvalue weighted by Gasteiger charge is 2.25. The number of hydrogen-bond acceptors (Lipinski definition) is 2. The fraction of sp³-hybridized carbons (Fsp3) is 0.667. The number of nitrogens with zero attached hydrogens (tertiary/aromatic N) is 2. The van der Waals surface area contributed by atoms with Gasteiger partial charge in [0, 0.05) is 19.2 Å². The molecule has 1 aromatic heterocycles. The molecule has 0 spiro atoms. The van der Waals surface area contributed by atoms with Gasteiger partial charge < -0.3 is 0 Å². The third-order valence-electron chi connectivity index (χ3n) is 3.38. The average Bonchev–Trinajstić information content (AvgIpc) is 2.65. The van der Waals surface area contributed by atoms with Crippen LogP contribution in [0.15, 0.2) is 12.4 Å². The Balaban J connectivity index is 2.02. The number of rotatable bonds is 2. The Kier molecular flexibility index (Phi) is 2.89. The molecule has 3 heteroatoms. The summed E-state index contributed by atoms with van der Waals surface area (Å²) in [6, 6.07) is 0. The van der Waals surface area contributed by atoms with Gasteiger partial charge in [0.2, 0.25) is 0 Å². The second-order valence-electron chi connectivity index (χ2n) is 4.72. The average molecular weight is 206 g/mol. The first-order valence-corrected chi connectivity index (χ1v) is 5.69. The number of carbonyl (C=O) groups is 1. The van der Waals surface area contributed by atoms with Gasteiger partial charge in [-0.15, -0.1) is 0 Å². The van der Waals surface area contributed by atoms with Crippen LogP contribution in [-0.4, -0.2) is 15.6 Å². The first-order chi connectivity index (χ1) is 7.16. The molecule has 0 amide bonds. The van der Waals surface area contributed by atoms with E-state index in [4.69, 9.17) is 0 Å². The Morgan fingerprint density at radius 3 is 2.60 bits per heavy atom. The van der Waals surface area contributed by atoms with Crippen LogP contribution in [0.25, 0.3) is 0 Å². The topological polar surface area (TPSA) is 34.9 Å². The second kappa shape index (κ2) is 4.17. The van der Waals surface area contributed by atoms with Crippen molar-refractivity contribution in [2.24, 2.45) is 18.9 Å². The summed E-state index contributed by atoms with van der Waals surface area (Å²) in [6.07, 6.45) is 7.98. The molecule has 1 aliphatic rings. The Morgan fingerprint density at radius 1 is 1.40 bits per heavy atom. The van der Waals surface area contributed by atoms with Gasteiger partial charge in [-0.2, -0.15) is 5.10 Å². The molecule has 1 saturated carbocycles. The van der Waals surface area contributed by atoms with E-state index >= 15 is 0 Å². The Labute approximate surface area is 90.5 Å². The summed E-state index contributed by atoms with van der Waals surface area (Å²) in [5.41, 5.74) is 0.775. The number of aromatic nitrogens is 2. The maximum absolute atomic E-state index is 12.1. The lowest BCUT2D eigenvalue weighted by atomic mass is 9.80. The molecular weight excluding hydrogens is 188 g/mol. The maximum Gasteiger partial charge on any atom is 0.169 e. The molecule has 3 nitrogen and oxygen atoms in total. The number of ketones is 1. The molecule has 1 fully saturated rings. The molecule has 82 valence electrons. The molecular formula is C12H18N2O. The molecule has 0 aliphatic heterocycles. The summed E-state index contributed by atoms with van der Waals surface area (Å²) >= 11 is 0. The SMILES string of the molecule is CC1CCC(C(=O)c2cnn(C)c2)CC1. The van der Waals surface area contributed by atoms with Gasteiger partial charge >= 0.3 is 0 Å². The molecule has 0 unspecified atom stereocenters. The summed E-state index contributed by atoms with van der Waals surface area (Å²) in [5, 5.41) is 4.04. The molecule has 0 N–H and O–H groups in total. The van der Waals surface area contributed by atoms with E-state index in [0.717, 1.165) is 24.3 Å². The number of Topliss-reactive ketones (excluding diaryl/α,β-unsaturated/α-hetero) is 1. The van der Waals surface area contributed by atoms with Crippen LogP contribution < -0.4 is 0 Å². The van der Waals surface area contributed by atoms with Crippen molar-refractivity contribution in [2.75, 3.05) is 0 Å². The van der Waals surface area contributed by atoms with Gasteiger partial charge in [-0.05, 0) is 18.8 Å². The Bertz CT molecular complexity index is 348. The summed E-state index contributed by atoms with van der Waals surface area (Å²) in [5.74, 6) is 1.32. The van der Waals surface area contributed by atoms with Crippen LogP contribution in [0.3, 0.4) is 0 Å². The summed E-state index contributed by atoms with van der Waals surface area (Å²) < 4.78 is 1.69. The lowest BCUT2D eigenvalue weighted by molar-refractivity contribution is 0.0875. The van der Waals surface area contributed by atoms with Crippen LogP contribution >= 0.6 is 0 Å². The van der Waals surface area contributed by atoms with Gasteiger partial charge in [0.15, 0.2) is 5.78 Å². The van der Waals surface area contributed by atoms with Gasteiger partial charge in [-0.1, -0.05) is 19.8 Å². The van der Waals surface area contributed by atoms with Crippen LogP contribution in [-0.2, 0) is 7.05 Å². The molecule has 1 aliphatic carbocycles. The van der Waals surface area contributed by atoms with Gasteiger partial charge in [-0.25, -0.2) is 0 Å².